The number of amides is 1. The molecule has 2 aromatic heterocycles. The smallest absolute Gasteiger partial charge is 0.387 e. The van der Waals surface area contributed by atoms with Crippen LogP contribution < -0.4 is 9.47 Å². The fourth-order valence-corrected chi connectivity index (χ4v) is 4.25. The molecule has 0 N–H and O–H groups in total. The van der Waals surface area contributed by atoms with Gasteiger partial charge in [-0.3, -0.25) is 4.79 Å². The van der Waals surface area contributed by atoms with Gasteiger partial charge in [0.15, 0.2) is 11.5 Å². The molecule has 0 unspecified atom stereocenters. The van der Waals surface area contributed by atoms with E-state index < -0.39 is 6.61 Å². The first-order valence-electron chi connectivity index (χ1n) is 8.43. The summed E-state index contributed by atoms with van der Waals surface area (Å²) in [5.74, 6) is 0.0303. The number of ether oxygens (including phenoxy) is 2. The van der Waals surface area contributed by atoms with Crippen molar-refractivity contribution in [2.24, 2.45) is 0 Å². The number of hydrogen-bond acceptors (Lipinski definition) is 6. The standard InChI is InChI=1S/C19H18F2N2O3S2/c1-3-25-14-9-12(6-7-13(14)26-19(20)21)11-23(2)18(24)16-10-22-17(28-16)15-5-4-8-27-15/h4-10,19H,3,11H2,1-2H3. The summed E-state index contributed by atoms with van der Waals surface area (Å²) in [4.78, 5) is 20.1. The van der Waals surface area contributed by atoms with Gasteiger partial charge >= 0.3 is 6.61 Å². The van der Waals surface area contributed by atoms with Gasteiger partial charge in [0, 0.05) is 13.6 Å². The monoisotopic (exact) mass is 424 g/mol. The van der Waals surface area contributed by atoms with Crippen LogP contribution in [0, 0.1) is 0 Å². The van der Waals surface area contributed by atoms with Crippen LogP contribution in [0.3, 0.4) is 0 Å². The lowest BCUT2D eigenvalue weighted by Crippen LogP contribution is -2.25. The first kappa shape index (κ1) is 20.2. The van der Waals surface area contributed by atoms with E-state index in [-0.39, 0.29) is 17.4 Å². The maximum atomic E-state index is 12.7. The van der Waals surface area contributed by atoms with Crippen molar-refractivity contribution >= 4 is 28.6 Å². The van der Waals surface area contributed by atoms with E-state index in [4.69, 9.17) is 4.74 Å². The molecule has 2 heterocycles. The van der Waals surface area contributed by atoms with Crippen LogP contribution in [-0.2, 0) is 6.54 Å². The highest BCUT2D eigenvalue weighted by molar-refractivity contribution is 7.21. The number of thiazole rings is 1. The van der Waals surface area contributed by atoms with Gasteiger partial charge < -0.3 is 14.4 Å². The fourth-order valence-electron chi connectivity index (χ4n) is 2.53. The minimum atomic E-state index is -2.93. The summed E-state index contributed by atoms with van der Waals surface area (Å²) < 4.78 is 34.9. The lowest BCUT2D eigenvalue weighted by atomic mass is 10.2. The third-order valence-corrected chi connectivity index (χ3v) is 5.76. The van der Waals surface area contributed by atoms with E-state index in [2.05, 4.69) is 9.72 Å². The van der Waals surface area contributed by atoms with E-state index in [1.54, 1.807) is 48.5 Å². The molecule has 28 heavy (non-hydrogen) atoms. The summed E-state index contributed by atoms with van der Waals surface area (Å²) in [6, 6.07) is 8.56. The quantitative estimate of drug-likeness (QED) is 0.502. The lowest BCUT2D eigenvalue weighted by molar-refractivity contribution is -0.0514. The highest BCUT2D eigenvalue weighted by Crippen LogP contribution is 2.31. The molecule has 5 nitrogen and oxygen atoms in total. The first-order chi connectivity index (χ1) is 13.5. The van der Waals surface area contributed by atoms with Gasteiger partial charge in [-0.1, -0.05) is 12.1 Å². The average molecular weight is 424 g/mol. The van der Waals surface area contributed by atoms with E-state index >= 15 is 0 Å². The molecule has 0 saturated heterocycles. The summed E-state index contributed by atoms with van der Waals surface area (Å²) in [6.07, 6.45) is 1.57. The van der Waals surface area contributed by atoms with Crippen LogP contribution in [0.15, 0.2) is 41.9 Å². The maximum Gasteiger partial charge on any atom is 0.387 e. The molecule has 148 valence electrons. The van der Waals surface area contributed by atoms with Gasteiger partial charge in [0.05, 0.1) is 17.7 Å². The normalized spacial score (nSPS) is 10.9. The fraction of sp³-hybridized carbons (Fsp3) is 0.263. The van der Waals surface area contributed by atoms with Crippen LogP contribution in [0.5, 0.6) is 11.5 Å². The summed E-state index contributed by atoms with van der Waals surface area (Å²) in [5, 5.41) is 2.76. The van der Waals surface area contributed by atoms with E-state index in [0.717, 1.165) is 15.4 Å². The summed E-state index contributed by atoms with van der Waals surface area (Å²) in [7, 11) is 1.68. The first-order valence-corrected chi connectivity index (χ1v) is 10.1. The van der Waals surface area contributed by atoms with Gasteiger partial charge in [0.1, 0.15) is 9.88 Å². The van der Waals surface area contributed by atoms with Gasteiger partial charge in [-0.15, -0.1) is 22.7 Å². The highest BCUT2D eigenvalue weighted by Gasteiger charge is 2.18. The second-order valence-electron chi connectivity index (χ2n) is 5.76. The zero-order valence-electron chi connectivity index (χ0n) is 15.2. The predicted octanol–water partition coefficient (Wildman–Crippen LogP) is 5.14. The van der Waals surface area contributed by atoms with Crippen molar-refractivity contribution < 1.29 is 23.0 Å². The number of carbonyl (C=O) groups is 1. The zero-order chi connectivity index (χ0) is 20.1. The van der Waals surface area contributed by atoms with Gasteiger partial charge in [-0.05, 0) is 36.1 Å². The number of rotatable bonds is 8. The van der Waals surface area contributed by atoms with E-state index in [1.165, 1.54) is 17.4 Å². The van der Waals surface area contributed by atoms with Gasteiger partial charge in [-0.2, -0.15) is 8.78 Å². The molecule has 0 saturated carbocycles. The molecule has 0 fully saturated rings. The third-order valence-electron chi connectivity index (χ3n) is 3.74. The van der Waals surface area contributed by atoms with Crippen molar-refractivity contribution in [3.63, 3.8) is 0 Å². The number of nitrogens with zero attached hydrogens (tertiary/aromatic N) is 2. The molecule has 0 atom stereocenters. The molecular formula is C19H18F2N2O3S2. The number of thiophene rings is 1. The predicted molar refractivity (Wildman–Crippen MR) is 105 cm³/mol. The number of aromatic nitrogens is 1. The Morgan fingerprint density at radius 1 is 1.29 bits per heavy atom. The summed E-state index contributed by atoms with van der Waals surface area (Å²) in [5.41, 5.74) is 0.740. The highest BCUT2D eigenvalue weighted by atomic mass is 32.1. The van der Waals surface area contributed by atoms with Crippen molar-refractivity contribution in [2.45, 2.75) is 20.1 Å². The molecule has 9 heteroatoms. The van der Waals surface area contributed by atoms with Gasteiger partial charge in [-0.25, -0.2) is 4.98 Å². The summed E-state index contributed by atoms with van der Waals surface area (Å²) in [6.45, 7) is -0.577. The molecular weight excluding hydrogens is 406 g/mol. The zero-order valence-corrected chi connectivity index (χ0v) is 16.9. The number of carbonyl (C=O) groups excluding carboxylic acids is 1. The van der Waals surface area contributed by atoms with Crippen LogP contribution in [-0.4, -0.2) is 36.1 Å². The molecule has 3 aromatic rings. The van der Waals surface area contributed by atoms with Crippen molar-refractivity contribution in [3.05, 3.63) is 52.3 Å². The Morgan fingerprint density at radius 2 is 2.11 bits per heavy atom. The minimum absolute atomic E-state index is 0.0300. The molecule has 0 spiro atoms. The average Bonchev–Trinajstić information content (AvgIpc) is 3.34. The molecule has 3 rings (SSSR count). The number of benzene rings is 1. The van der Waals surface area contributed by atoms with Crippen LogP contribution in [0.4, 0.5) is 8.78 Å². The van der Waals surface area contributed by atoms with Gasteiger partial charge in [0.25, 0.3) is 5.91 Å². The second-order valence-corrected chi connectivity index (χ2v) is 7.74. The molecule has 0 aliphatic carbocycles. The largest absolute Gasteiger partial charge is 0.490 e. The van der Waals surface area contributed by atoms with E-state index in [9.17, 15) is 13.6 Å². The Bertz CT molecular complexity index is 929. The minimum Gasteiger partial charge on any atom is -0.490 e. The Hall–Kier alpha value is -2.52. The molecule has 0 aliphatic heterocycles. The summed E-state index contributed by atoms with van der Waals surface area (Å²) >= 11 is 2.91. The Kier molecular flexibility index (Phi) is 6.58. The third kappa shape index (κ3) is 4.85. The van der Waals surface area contributed by atoms with Crippen molar-refractivity contribution in [1.82, 2.24) is 9.88 Å². The molecule has 0 radical (unpaired) electrons. The molecule has 0 aliphatic rings. The topological polar surface area (TPSA) is 51.7 Å². The van der Waals surface area contributed by atoms with E-state index in [0.29, 0.717) is 18.0 Å². The van der Waals surface area contributed by atoms with Crippen LogP contribution in [0.1, 0.15) is 22.2 Å². The molecule has 1 amide bonds. The number of alkyl halides is 2. The van der Waals surface area contributed by atoms with Crippen LogP contribution in [0.25, 0.3) is 9.88 Å². The number of halogens is 2. The maximum absolute atomic E-state index is 12.7. The second kappa shape index (κ2) is 9.11. The Balaban J connectivity index is 1.72. The van der Waals surface area contributed by atoms with Crippen LogP contribution in [0.2, 0.25) is 0 Å². The van der Waals surface area contributed by atoms with Crippen molar-refractivity contribution in [3.8, 4) is 21.4 Å². The SMILES string of the molecule is CCOc1cc(CN(C)C(=O)c2cnc(-c3cccs3)s2)ccc1OC(F)F. The molecule has 0 bridgehead atoms. The number of hydrogen-bond donors (Lipinski definition) is 0. The lowest BCUT2D eigenvalue weighted by Gasteiger charge is -2.18. The van der Waals surface area contributed by atoms with Crippen molar-refractivity contribution in [1.29, 1.82) is 0 Å². The van der Waals surface area contributed by atoms with E-state index in [1.807, 2.05) is 17.5 Å². The van der Waals surface area contributed by atoms with Gasteiger partial charge in [0.2, 0.25) is 0 Å². The molecule has 1 aromatic carbocycles. The van der Waals surface area contributed by atoms with Crippen LogP contribution >= 0.6 is 22.7 Å². The Morgan fingerprint density at radius 3 is 2.79 bits per heavy atom. The Labute approximate surface area is 169 Å². The van der Waals surface area contributed by atoms with Crippen molar-refractivity contribution in [2.75, 3.05) is 13.7 Å².